The van der Waals surface area contributed by atoms with E-state index in [0.717, 1.165) is 37.1 Å². The van der Waals surface area contributed by atoms with Gasteiger partial charge < -0.3 is 10.2 Å². The van der Waals surface area contributed by atoms with E-state index in [9.17, 15) is 9.59 Å². The third-order valence-corrected chi connectivity index (χ3v) is 4.92. The highest BCUT2D eigenvalue weighted by Gasteiger charge is 2.28. The third-order valence-electron chi connectivity index (χ3n) is 4.92. The predicted octanol–water partition coefficient (Wildman–Crippen LogP) is 3.34. The van der Waals surface area contributed by atoms with Crippen molar-refractivity contribution >= 4 is 11.8 Å². The van der Waals surface area contributed by atoms with Crippen molar-refractivity contribution in [2.45, 2.75) is 38.1 Å². The van der Waals surface area contributed by atoms with Gasteiger partial charge in [0.1, 0.15) is 6.04 Å². The summed E-state index contributed by atoms with van der Waals surface area (Å²) in [5.41, 5.74) is 1.85. The number of carbonyl (C=O) groups is 2. The zero-order valence-corrected chi connectivity index (χ0v) is 15.2. The minimum absolute atomic E-state index is 0.0120. The number of hydrogen-bond acceptors (Lipinski definition) is 2. The van der Waals surface area contributed by atoms with Crippen LogP contribution in [0.4, 0.5) is 0 Å². The summed E-state index contributed by atoms with van der Waals surface area (Å²) in [5.74, 6) is -0.549. The number of likely N-dealkylation sites (tertiary alicyclic amines) is 1. The van der Waals surface area contributed by atoms with E-state index in [2.05, 4.69) is 5.32 Å². The van der Waals surface area contributed by atoms with Crippen LogP contribution in [-0.4, -0.2) is 35.8 Å². The van der Waals surface area contributed by atoms with Crippen LogP contribution in [0.15, 0.2) is 60.7 Å². The number of rotatable bonds is 5. The third kappa shape index (κ3) is 4.31. The van der Waals surface area contributed by atoms with E-state index in [1.165, 1.54) is 6.42 Å². The Balaban J connectivity index is 1.76. The molecule has 1 aliphatic rings. The summed E-state index contributed by atoms with van der Waals surface area (Å²) in [5, 5.41) is 2.94. The molecular weight excluding hydrogens is 324 g/mol. The summed E-state index contributed by atoms with van der Waals surface area (Å²) in [6.07, 6.45) is 3.26. The van der Waals surface area contributed by atoms with Gasteiger partial charge in [0.15, 0.2) is 0 Å². The monoisotopic (exact) mass is 350 g/mol. The van der Waals surface area contributed by atoms with Gasteiger partial charge in [0, 0.05) is 13.1 Å². The van der Waals surface area contributed by atoms with Crippen LogP contribution in [-0.2, 0) is 9.59 Å². The Kier molecular flexibility index (Phi) is 6.05. The van der Waals surface area contributed by atoms with E-state index in [1.807, 2.05) is 65.6 Å². The second-order valence-corrected chi connectivity index (χ2v) is 6.87. The molecule has 3 rings (SSSR count). The van der Waals surface area contributed by atoms with E-state index >= 15 is 0 Å². The van der Waals surface area contributed by atoms with Crippen molar-refractivity contribution in [2.75, 3.05) is 13.1 Å². The molecule has 0 unspecified atom stereocenters. The maximum atomic E-state index is 13.1. The van der Waals surface area contributed by atoms with Crippen molar-refractivity contribution in [1.29, 1.82) is 0 Å². The van der Waals surface area contributed by atoms with E-state index < -0.39 is 12.0 Å². The average Bonchev–Trinajstić information content (AvgIpc) is 2.70. The summed E-state index contributed by atoms with van der Waals surface area (Å²) >= 11 is 0. The van der Waals surface area contributed by atoms with Crippen LogP contribution in [0.25, 0.3) is 0 Å². The molecule has 4 heteroatoms. The van der Waals surface area contributed by atoms with Crippen LogP contribution in [0.3, 0.4) is 0 Å². The van der Waals surface area contributed by atoms with Crippen LogP contribution in [0, 0.1) is 0 Å². The molecular formula is C22H26N2O2. The zero-order valence-electron chi connectivity index (χ0n) is 15.2. The number of nitrogens with one attached hydrogen (secondary N) is 1. The first-order chi connectivity index (χ1) is 12.7. The fourth-order valence-electron chi connectivity index (χ4n) is 3.53. The highest BCUT2D eigenvalue weighted by molar-refractivity contribution is 5.92. The number of hydrogen-bond donors (Lipinski definition) is 1. The number of nitrogens with zero attached hydrogens (tertiary/aromatic N) is 1. The zero-order chi connectivity index (χ0) is 18.4. The summed E-state index contributed by atoms with van der Waals surface area (Å²) < 4.78 is 0. The number of piperidine rings is 1. The van der Waals surface area contributed by atoms with Gasteiger partial charge in [-0.15, -0.1) is 0 Å². The Morgan fingerprint density at radius 2 is 1.35 bits per heavy atom. The Hall–Kier alpha value is -2.62. The van der Waals surface area contributed by atoms with Crippen LogP contribution in [0.2, 0.25) is 0 Å². The lowest BCUT2D eigenvalue weighted by molar-refractivity contribution is -0.136. The first-order valence-electron chi connectivity index (χ1n) is 9.36. The molecule has 0 aliphatic carbocycles. The topological polar surface area (TPSA) is 49.4 Å². The second kappa shape index (κ2) is 8.65. The van der Waals surface area contributed by atoms with Crippen LogP contribution in [0.5, 0.6) is 0 Å². The van der Waals surface area contributed by atoms with Crippen LogP contribution in [0.1, 0.15) is 43.2 Å². The minimum Gasteiger partial charge on any atom is -0.344 e. The average molecular weight is 350 g/mol. The summed E-state index contributed by atoms with van der Waals surface area (Å²) in [6, 6.07) is 18.9. The van der Waals surface area contributed by atoms with Gasteiger partial charge in [-0.1, -0.05) is 60.7 Å². The van der Waals surface area contributed by atoms with Gasteiger partial charge in [-0.3, -0.25) is 9.59 Å². The number of carbonyl (C=O) groups excluding carboxylic acids is 2. The van der Waals surface area contributed by atoms with Gasteiger partial charge >= 0.3 is 0 Å². The first-order valence-corrected chi connectivity index (χ1v) is 9.36. The Morgan fingerprint density at radius 1 is 0.846 bits per heavy atom. The molecule has 2 amide bonds. The van der Waals surface area contributed by atoms with Gasteiger partial charge in [0.05, 0.1) is 5.92 Å². The van der Waals surface area contributed by atoms with E-state index in [0.29, 0.717) is 0 Å². The second-order valence-electron chi connectivity index (χ2n) is 6.87. The largest absolute Gasteiger partial charge is 0.344 e. The molecule has 1 atom stereocenters. The quantitative estimate of drug-likeness (QED) is 0.899. The Labute approximate surface area is 155 Å². The molecule has 0 radical (unpaired) electrons. The fraction of sp³-hybridized carbons (Fsp3) is 0.364. The molecule has 26 heavy (non-hydrogen) atoms. The maximum Gasteiger partial charge on any atom is 0.244 e. The predicted molar refractivity (Wildman–Crippen MR) is 103 cm³/mol. The molecule has 0 spiro atoms. The van der Waals surface area contributed by atoms with Crippen molar-refractivity contribution in [3.05, 3.63) is 71.8 Å². The first kappa shape index (κ1) is 18.2. The van der Waals surface area contributed by atoms with Crippen molar-refractivity contribution < 1.29 is 9.59 Å². The Bertz CT molecular complexity index is 685. The molecule has 2 aromatic carbocycles. The van der Waals surface area contributed by atoms with E-state index in [4.69, 9.17) is 0 Å². The summed E-state index contributed by atoms with van der Waals surface area (Å²) in [7, 11) is 0. The van der Waals surface area contributed by atoms with Crippen molar-refractivity contribution in [1.82, 2.24) is 10.2 Å². The lowest BCUT2D eigenvalue weighted by Crippen LogP contribution is -2.49. The van der Waals surface area contributed by atoms with Crippen molar-refractivity contribution in [3.63, 3.8) is 0 Å². The molecule has 4 nitrogen and oxygen atoms in total. The Morgan fingerprint density at radius 3 is 1.85 bits per heavy atom. The maximum absolute atomic E-state index is 13.1. The molecule has 0 bridgehead atoms. The van der Waals surface area contributed by atoms with Crippen LogP contribution >= 0.6 is 0 Å². The highest BCUT2D eigenvalue weighted by atomic mass is 16.2. The number of amides is 2. The highest BCUT2D eigenvalue weighted by Crippen LogP contribution is 2.25. The van der Waals surface area contributed by atoms with Crippen molar-refractivity contribution in [2.24, 2.45) is 0 Å². The van der Waals surface area contributed by atoms with Gasteiger partial charge in [0.2, 0.25) is 11.8 Å². The molecule has 1 fully saturated rings. The molecule has 1 N–H and O–H groups in total. The molecule has 1 heterocycles. The normalized spacial score (nSPS) is 15.5. The standard InChI is InChI=1S/C22H26N2O2/c1-17(22(26)24-15-9-4-10-16-24)23-21(25)20(18-11-5-2-6-12-18)19-13-7-3-8-14-19/h2-3,5-8,11-14,17,20H,4,9-10,15-16H2,1H3,(H,23,25)/t17-/m0/s1. The fourth-order valence-corrected chi connectivity index (χ4v) is 3.53. The van der Waals surface area contributed by atoms with E-state index in [-0.39, 0.29) is 11.8 Å². The molecule has 1 aliphatic heterocycles. The minimum atomic E-state index is -0.518. The molecule has 136 valence electrons. The van der Waals surface area contributed by atoms with Gasteiger partial charge in [0.25, 0.3) is 0 Å². The summed E-state index contributed by atoms with van der Waals surface area (Å²) in [4.78, 5) is 27.6. The summed E-state index contributed by atoms with van der Waals surface area (Å²) in [6.45, 7) is 3.36. The van der Waals surface area contributed by atoms with Crippen molar-refractivity contribution in [3.8, 4) is 0 Å². The van der Waals surface area contributed by atoms with Gasteiger partial charge in [-0.2, -0.15) is 0 Å². The smallest absolute Gasteiger partial charge is 0.244 e. The van der Waals surface area contributed by atoms with Gasteiger partial charge in [-0.05, 0) is 37.3 Å². The molecule has 0 aromatic heterocycles. The lowest BCUT2D eigenvalue weighted by Gasteiger charge is -2.30. The number of benzene rings is 2. The van der Waals surface area contributed by atoms with Crippen LogP contribution < -0.4 is 5.32 Å². The molecule has 0 saturated carbocycles. The SMILES string of the molecule is C[C@H](NC(=O)C(c1ccccc1)c1ccccc1)C(=O)N1CCCCC1. The lowest BCUT2D eigenvalue weighted by atomic mass is 9.90. The van der Waals surface area contributed by atoms with Gasteiger partial charge in [-0.25, -0.2) is 0 Å². The molecule has 1 saturated heterocycles. The van der Waals surface area contributed by atoms with E-state index in [1.54, 1.807) is 6.92 Å². The molecule has 2 aromatic rings.